The molecule has 0 spiro atoms. The molecule has 0 aliphatic carbocycles. The third-order valence-corrected chi connectivity index (χ3v) is 3.89. The first-order chi connectivity index (χ1) is 7.76. The van der Waals surface area contributed by atoms with Crippen LogP contribution in [0.15, 0.2) is 24.3 Å². The van der Waals surface area contributed by atoms with E-state index in [1.165, 1.54) is 0 Å². The summed E-state index contributed by atoms with van der Waals surface area (Å²) in [5.41, 5.74) is 1.09. The molecule has 1 rings (SSSR count). The number of aliphatic hydroxyl groups is 1. The van der Waals surface area contributed by atoms with Gasteiger partial charge in [0.15, 0.2) is 0 Å². The van der Waals surface area contributed by atoms with Crippen molar-refractivity contribution < 1.29 is 31.3 Å². The predicted octanol–water partition coefficient (Wildman–Crippen LogP) is -2.15. The molecular weight excluding hydrogens is 342 g/mol. The fraction of sp³-hybridized carbons (Fsp3) is 0.400. The number of aliphatic hydroxyl groups excluding tert-OH is 1. The first kappa shape index (κ1) is 14.0. The van der Waals surface area contributed by atoms with E-state index in [4.69, 9.17) is 16.3 Å². The topological polar surface area (TPSA) is 53.5 Å². The van der Waals surface area contributed by atoms with Crippen molar-refractivity contribution in [3.63, 3.8) is 0 Å². The summed E-state index contributed by atoms with van der Waals surface area (Å²) in [4.78, 5) is 0. The van der Waals surface area contributed by atoms with Crippen LogP contribution < -0.4 is 35.1 Å². The minimum absolute atomic E-state index is 0.320. The summed E-state index contributed by atoms with van der Waals surface area (Å²) < 4.78 is 8.56. The number of alkyl halides is 2. The maximum atomic E-state index is 9.46. The van der Waals surface area contributed by atoms with Crippen molar-refractivity contribution in [3.05, 3.63) is 29.8 Å². The Morgan fingerprint density at radius 1 is 1.44 bits per heavy atom. The molecule has 1 atom stereocenters. The molecule has 0 radical (unpaired) electrons. The summed E-state index contributed by atoms with van der Waals surface area (Å²) in [6.07, 6.45) is -0.686. The molecule has 0 heterocycles. The van der Waals surface area contributed by atoms with Gasteiger partial charge in [-0.05, 0) is 0 Å². The van der Waals surface area contributed by atoms with Crippen molar-refractivity contribution in [2.75, 3.05) is 11.0 Å². The molecule has 0 aliphatic heterocycles. The van der Waals surface area contributed by atoms with Crippen molar-refractivity contribution in [1.82, 2.24) is 8.85 Å². The van der Waals surface area contributed by atoms with E-state index in [0.29, 0.717) is 10.4 Å². The summed E-state index contributed by atoms with van der Waals surface area (Å²) in [5, 5.41) is 12.4. The van der Waals surface area contributed by atoms with E-state index in [2.05, 4.69) is 8.85 Å². The van der Waals surface area contributed by atoms with E-state index >= 15 is 0 Å². The second kappa shape index (κ2) is 8.08. The van der Waals surface area contributed by atoms with E-state index in [0.717, 1.165) is 11.3 Å². The van der Waals surface area contributed by atoms with Gasteiger partial charge in [-0.3, -0.25) is 0 Å². The molecule has 0 amide bonds. The van der Waals surface area contributed by atoms with Gasteiger partial charge in [0.25, 0.3) is 0 Å². The molecular formula is C10H15ClIN2O2-. The van der Waals surface area contributed by atoms with E-state index in [1.54, 1.807) is 7.11 Å². The Labute approximate surface area is 111 Å². The van der Waals surface area contributed by atoms with Gasteiger partial charge in [-0.15, -0.1) is 0 Å². The number of hydrogen-bond acceptors (Lipinski definition) is 4. The zero-order chi connectivity index (χ0) is 11.8. The van der Waals surface area contributed by atoms with E-state index in [1.807, 2.05) is 24.3 Å². The molecule has 0 aromatic heterocycles. The van der Waals surface area contributed by atoms with Gasteiger partial charge in [0.1, 0.15) is 0 Å². The molecule has 0 aliphatic rings. The first-order valence-corrected chi connectivity index (χ1v) is 7.84. The molecule has 1 aromatic rings. The molecule has 0 saturated carbocycles. The van der Waals surface area contributed by atoms with Crippen molar-refractivity contribution in [3.8, 4) is 5.75 Å². The van der Waals surface area contributed by atoms with Crippen LogP contribution in [-0.2, 0) is 6.54 Å². The molecule has 6 heteroatoms. The average Bonchev–Trinajstić information content (AvgIpc) is 2.34. The Bertz CT molecular complexity index is 297. The summed E-state index contributed by atoms with van der Waals surface area (Å²) in [5.74, 6) is 0.829. The van der Waals surface area contributed by atoms with Gasteiger partial charge in [0.2, 0.25) is 0 Å². The maximum absolute atomic E-state index is 9.46. The van der Waals surface area contributed by atoms with Crippen LogP contribution in [0.5, 0.6) is 5.75 Å². The fourth-order valence-corrected chi connectivity index (χ4v) is 2.29. The third kappa shape index (κ3) is 5.31. The van der Waals surface area contributed by atoms with Crippen molar-refractivity contribution in [2.45, 2.75) is 12.9 Å². The van der Waals surface area contributed by atoms with Crippen molar-refractivity contribution in [2.24, 2.45) is 0 Å². The average molecular weight is 358 g/mol. The number of methoxy groups -OCH3 is 1. The molecule has 16 heavy (non-hydrogen) atoms. The Morgan fingerprint density at radius 2 is 2.12 bits per heavy atom. The second-order valence-corrected chi connectivity index (χ2v) is 6.29. The quantitative estimate of drug-likeness (QED) is 0.225. The Hall–Kier alpha value is -0.0800. The van der Waals surface area contributed by atoms with Crippen LogP contribution in [0.4, 0.5) is 0 Å². The number of benzene rings is 1. The Kier molecular flexibility index (Phi) is 7.06. The second-order valence-electron chi connectivity index (χ2n) is 2.98. The zero-order valence-electron chi connectivity index (χ0n) is 8.91. The number of hydrogen-bond donors (Lipinski definition) is 3. The van der Waals surface area contributed by atoms with Gasteiger partial charge in [0, 0.05) is 0 Å². The summed E-state index contributed by atoms with van der Waals surface area (Å²) in [7, 11) is 1.64. The van der Waals surface area contributed by atoms with Gasteiger partial charge in [-0.2, -0.15) is 0 Å². The van der Waals surface area contributed by atoms with Crippen LogP contribution in [0, 0.1) is 0 Å². The van der Waals surface area contributed by atoms with E-state index in [-0.39, 0.29) is 21.5 Å². The molecule has 1 aromatic carbocycles. The van der Waals surface area contributed by atoms with Crippen LogP contribution >= 0.6 is 11.6 Å². The molecule has 3 N–H and O–H groups in total. The van der Waals surface area contributed by atoms with Crippen LogP contribution in [0.25, 0.3) is 0 Å². The van der Waals surface area contributed by atoms with Crippen LogP contribution in [-0.4, -0.2) is 22.5 Å². The molecule has 1 unspecified atom stereocenters. The number of ether oxygens (including phenoxy) is 1. The number of nitrogens with one attached hydrogen (secondary N) is 2. The molecule has 4 nitrogen and oxygen atoms in total. The Balaban J connectivity index is 2.30. The minimum atomic E-state index is -0.686. The van der Waals surface area contributed by atoms with Gasteiger partial charge >= 0.3 is 111 Å². The van der Waals surface area contributed by atoms with Gasteiger partial charge in [-0.25, -0.2) is 0 Å². The predicted molar refractivity (Wildman–Crippen MR) is 59.7 cm³/mol. The monoisotopic (exact) mass is 357 g/mol. The normalized spacial score (nSPS) is 12.7. The van der Waals surface area contributed by atoms with Crippen LogP contribution in [0.1, 0.15) is 5.56 Å². The fourth-order valence-electron chi connectivity index (χ4n) is 1.10. The Morgan fingerprint density at radius 3 is 2.69 bits per heavy atom. The van der Waals surface area contributed by atoms with Crippen LogP contribution in [0.2, 0.25) is 0 Å². The standard InChI is InChI=1S/C10H15ClIN2O2/c1-16-9-4-2-8(3-5-9)6-13-10(15)14-12-7-11/h2-5,10,13-15H,6-7H2,1H3/q-1. The molecule has 0 fully saturated rings. The summed E-state index contributed by atoms with van der Waals surface area (Å²) in [6, 6.07) is 7.69. The number of rotatable bonds is 7. The SMILES string of the molecule is COc1ccc(CNC(O)N[I-]CCl)cc1. The van der Waals surface area contributed by atoms with Gasteiger partial charge in [-0.1, -0.05) is 0 Å². The molecule has 0 bridgehead atoms. The van der Waals surface area contributed by atoms with Gasteiger partial charge in [0.05, 0.1) is 0 Å². The summed E-state index contributed by atoms with van der Waals surface area (Å²) >= 11 is 5.21. The molecule has 92 valence electrons. The van der Waals surface area contributed by atoms with Crippen molar-refractivity contribution in [1.29, 1.82) is 0 Å². The zero-order valence-corrected chi connectivity index (χ0v) is 11.8. The first-order valence-electron chi connectivity index (χ1n) is 4.70. The summed E-state index contributed by atoms with van der Waals surface area (Å²) in [6.45, 7) is 0.601. The van der Waals surface area contributed by atoms with Gasteiger partial charge < -0.3 is 0 Å². The third-order valence-electron chi connectivity index (χ3n) is 1.89. The molecule has 0 saturated heterocycles. The van der Waals surface area contributed by atoms with E-state index < -0.39 is 6.35 Å². The number of halogens is 2. The van der Waals surface area contributed by atoms with E-state index in [9.17, 15) is 5.11 Å². The van der Waals surface area contributed by atoms with Crippen molar-refractivity contribution >= 4 is 11.6 Å². The van der Waals surface area contributed by atoms with Crippen LogP contribution in [0.3, 0.4) is 0 Å².